The van der Waals surface area contributed by atoms with Gasteiger partial charge in [0.05, 0.1) is 49.5 Å². The van der Waals surface area contributed by atoms with Crippen LogP contribution in [0.5, 0.6) is 0 Å². The van der Waals surface area contributed by atoms with E-state index in [4.69, 9.17) is 36.9 Å². The van der Waals surface area contributed by atoms with Crippen LogP contribution in [0.4, 0.5) is 0 Å². The molecular formula is C45H29N5. The third kappa shape index (κ3) is 4.52. The maximum atomic E-state index is 9.77. The van der Waals surface area contributed by atoms with E-state index in [0.29, 0.717) is 0 Å². The Kier molecular flexibility index (Phi) is 3.36. The van der Waals surface area contributed by atoms with Gasteiger partial charge in [-0.15, -0.1) is 0 Å². The highest BCUT2D eigenvalue weighted by Crippen LogP contribution is 2.36. The van der Waals surface area contributed by atoms with Gasteiger partial charge in [0.1, 0.15) is 0 Å². The van der Waals surface area contributed by atoms with Crippen LogP contribution < -0.4 is 0 Å². The molecule has 0 atom stereocenters. The third-order valence-electron chi connectivity index (χ3n) is 8.20. The maximum absolute atomic E-state index is 9.77. The highest BCUT2D eigenvalue weighted by molar-refractivity contribution is 6.10. The second-order valence-corrected chi connectivity index (χ2v) is 11.0. The second kappa shape index (κ2) is 11.4. The van der Waals surface area contributed by atoms with Gasteiger partial charge in [0.25, 0.3) is 0 Å². The summed E-state index contributed by atoms with van der Waals surface area (Å²) in [5, 5.41) is -1.40. The molecule has 50 heavy (non-hydrogen) atoms. The summed E-state index contributed by atoms with van der Waals surface area (Å²) in [7, 11) is 0. The van der Waals surface area contributed by atoms with Gasteiger partial charge >= 0.3 is 0 Å². The molecule has 0 aliphatic heterocycles. The Morgan fingerprint density at radius 2 is 0.840 bits per heavy atom. The largest absolute Gasteiger partial charge is 0.278 e. The van der Waals surface area contributed by atoms with Crippen molar-refractivity contribution in [2.75, 3.05) is 0 Å². The molecule has 0 amide bonds. The highest BCUT2D eigenvalue weighted by atomic mass is 15.3. The first-order chi connectivity index (χ1) is 33.1. The first-order valence-electron chi connectivity index (χ1n) is 25.2. The number of benzene rings is 7. The molecular weight excluding hydrogens is 611 g/mol. The van der Waals surface area contributed by atoms with Gasteiger partial charge in [0.15, 0.2) is 5.82 Å². The van der Waals surface area contributed by atoms with E-state index in [1.807, 2.05) is 30.3 Å². The molecule has 234 valence electrons. The van der Waals surface area contributed by atoms with Gasteiger partial charge in [-0.05, 0) is 46.4 Å². The van der Waals surface area contributed by atoms with Crippen molar-refractivity contribution in [2.24, 2.45) is 0 Å². The molecule has 10 aromatic rings. The monoisotopic (exact) mass is 659 g/mol. The van der Waals surface area contributed by atoms with Gasteiger partial charge in [-0.3, -0.25) is 9.13 Å². The first-order valence-corrected chi connectivity index (χ1v) is 15.2. The molecule has 0 spiro atoms. The summed E-state index contributed by atoms with van der Waals surface area (Å²) >= 11 is 0. The molecule has 0 aliphatic carbocycles. The van der Waals surface area contributed by atoms with Crippen molar-refractivity contribution in [3.8, 4) is 45.5 Å². The van der Waals surface area contributed by atoms with Crippen molar-refractivity contribution >= 4 is 43.6 Å². The van der Waals surface area contributed by atoms with Crippen molar-refractivity contribution in [2.45, 2.75) is 0 Å². The molecule has 0 bridgehead atoms. The quantitative estimate of drug-likeness (QED) is 0.185. The Balaban J connectivity index is 1.44. The number of aromatic nitrogens is 5. The van der Waals surface area contributed by atoms with Crippen molar-refractivity contribution in [1.82, 2.24) is 24.1 Å². The smallest absolute Gasteiger partial charge is 0.240 e. The molecule has 5 nitrogen and oxygen atoms in total. The number of nitrogens with zero attached hydrogens (tertiary/aromatic N) is 5. The number of hydrogen-bond acceptors (Lipinski definition) is 3. The molecule has 0 saturated heterocycles. The van der Waals surface area contributed by atoms with Crippen molar-refractivity contribution in [3.63, 3.8) is 0 Å². The number of para-hydroxylation sites is 3. The lowest BCUT2D eigenvalue weighted by molar-refractivity contribution is 0.893. The molecule has 0 unspecified atom stereocenters. The van der Waals surface area contributed by atoms with Gasteiger partial charge in [-0.2, -0.15) is 15.0 Å². The number of hydrogen-bond donors (Lipinski definition) is 0. The minimum Gasteiger partial charge on any atom is -0.278 e. The van der Waals surface area contributed by atoms with Gasteiger partial charge in [0.2, 0.25) is 11.9 Å². The molecule has 7 aromatic carbocycles. The zero-order chi connectivity index (χ0) is 50.4. The Labute approximate surface area is 316 Å². The van der Waals surface area contributed by atoms with E-state index in [9.17, 15) is 5.48 Å². The van der Waals surface area contributed by atoms with Gasteiger partial charge in [-0.1, -0.05) is 151 Å². The van der Waals surface area contributed by atoms with Crippen LogP contribution in [-0.2, 0) is 0 Å². The van der Waals surface area contributed by atoms with Crippen LogP contribution in [0, 0.1) is 0 Å². The standard InChI is InChI=1S/C45H29N5/c1-3-13-30(14-4-1)32-23-25-33(26-24-32)43-46-44(49-39-20-10-7-17-35(39)36-18-8-11-21-40(36)49)48-45(47-43)50-41-22-12-9-19-37(41)38-28-27-34(29-42(38)50)31-15-5-2-6-16-31/h1-29H/i2D,5D,6D,7D,8D,9D,10D,11D,12D,15D,16D,17D,18D,19D,20D,21D,22D,27D,28D,29D. The fourth-order valence-electron chi connectivity index (χ4n) is 5.96. The average Bonchev–Trinajstić information content (AvgIpc) is 3.92. The Bertz CT molecular complexity index is 3900. The summed E-state index contributed by atoms with van der Waals surface area (Å²) in [6, 6.07) is 1.10. The summed E-state index contributed by atoms with van der Waals surface area (Å²) < 4.78 is 179. The van der Waals surface area contributed by atoms with Gasteiger partial charge < -0.3 is 0 Å². The van der Waals surface area contributed by atoms with Crippen LogP contribution >= 0.6 is 0 Å². The summed E-state index contributed by atoms with van der Waals surface area (Å²) in [5.41, 5.74) is -1.05. The minimum atomic E-state index is -0.817. The maximum Gasteiger partial charge on any atom is 0.240 e. The number of fused-ring (bicyclic) bond motifs is 6. The van der Waals surface area contributed by atoms with Crippen LogP contribution in [0.3, 0.4) is 0 Å². The lowest BCUT2D eigenvalue weighted by Gasteiger charge is -2.13. The van der Waals surface area contributed by atoms with Crippen molar-refractivity contribution in [3.05, 3.63) is 175 Å². The molecule has 0 radical (unpaired) electrons. The molecule has 0 aliphatic rings. The Morgan fingerprint density at radius 1 is 0.360 bits per heavy atom. The zero-order valence-electron chi connectivity index (χ0n) is 45.4. The van der Waals surface area contributed by atoms with Crippen molar-refractivity contribution < 1.29 is 27.4 Å². The summed E-state index contributed by atoms with van der Waals surface area (Å²) in [4.78, 5) is 14.3. The predicted octanol–water partition coefficient (Wildman–Crippen LogP) is 11.1. The number of rotatable bonds is 5. The van der Waals surface area contributed by atoms with E-state index < -0.39 is 160 Å². The lowest BCUT2D eigenvalue weighted by atomic mass is 10.0. The Morgan fingerprint density at radius 3 is 1.44 bits per heavy atom. The van der Waals surface area contributed by atoms with E-state index in [1.54, 1.807) is 24.3 Å². The van der Waals surface area contributed by atoms with Gasteiger partial charge in [-0.25, -0.2) is 0 Å². The third-order valence-corrected chi connectivity index (χ3v) is 8.20. The fraction of sp³-hybridized carbons (Fsp3) is 0. The van der Waals surface area contributed by atoms with E-state index in [2.05, 4.69) is 0 Å². The van der Waals surface area contributed by atoms with Crippen LogP contribution in [0.2, 0.25) is 0 Å². The second-order valence-electron chi connectivity index (χ2n) is 11.0. The normalized spacial score (nSPS) is 17.2. The van der Waals surface area contributed by atoms with Crippen LogP contribution in [0.25, 0.3) is 89.2 Å². The molecule has 5 heteroatoms. The lowest BCUT2D eigenvalue weighted by Crippen LogP contribution is -2.10. The highest BCUT2D eigenvalue weighted by Gasteiger charge is 2.20. The Hall–Kier alpha value is -6.85. The fourth-order valence-corrected chi connectivity index (χ4v) is 5.96. The summed E-state index contributed by atoms with van der Waals surface area (Å²) in [6.07, 6.45) is 0. The summed E-state index contributed by atoms with van der Waals surface area (Å²) in [5.74, 6) is -1.34. The molecule has 0 fully saturated rings. The molecule has 10 rings (SSSR count). The van der Waals surface area contributed by atoms with E-state index in [0.717, 1.165) is 20.3 Å². The molecule has 3 heterocycles. The van der Waals surface area contributed by atoms with Crippen molar-refractivity contribution in [1.29, 1.82) is 0 Å². The first kappa shape index (κ1) is 14.7. The average molecular weight is 660 g/mol. The van der Waals surface area contributed by atoms with Crippen LogP contribution in [-0.4, -0.2) is 24.1 Å². The zero-order valence-corrected chi connectivity index (χ0v) is 25.4. The van der Waals surface area contributed by atoms with E-state index >= 15 is 0 Å². The molecule has 0 N–H and O–H groups in total. The minimum absolute atomic E-state index is 0.215. The van der Waals surface area contributed by atoms with E-state index in [1.165, 1.54) is 0 Å². The topological polar surface area (TPSA) is 48.5 Å². The van der Waals surface area contributed by atoms with Crippen LogP contribution in [0.1, 0.15) is 27.4 Å². The molecule has 0 saturated carbocycles. The van der Waals surface area contributed by atoms with Crippen LogP contribution in [0.15, 0.2) is 175 Å². The predicted molar refractivity (Wildman–Crippen MR) is 205 cm³/mol. The van der Waals surface area contributed by atoms with E-state index in [-0.39, 0.29) is 38.6 Å². The molecule has 3 aromatic heterocycles. The van der Waals surface area contributed by atoms with Gasteiger partial charge in [0, 0.05) is 27.1 Å². The summed E-state index contributed by atoms with van der Waals surface area (Å²) in [6.45, 7) is 0. The SMILES string of the molecule is [2H]c1c([2H])c([2H])c(-c2c([2H])c([2H])c3c4c([2H])c([2H])c([2H])c([2H])c4n(-c4nc(-c5ccc(-c6ccccc6)cc5)nc(-n5c6c([2H])c([2H])c([2H])c([2H])c6c6c([2H])c([2H])c([2H])c([2H])c65)n4)c3c2[2H])c([2H])c1[2H].